The van der Waals surface area contributed by atoms with Crippen molar-refractivity contribution in [3.05, 3.63) is 18.5 Å². The SMILES string of the molecule is CC(OCC1CCCCO1)C(=O)O[C@@H]1CCC[C@H]1n1cccn1. The topological polar surface area (TPSA) is 62.6 Å². The lowest BCUT2D eigenvalue weighted by atomic mass is 10.1. The molecular formula is C17H26N2O4. The number of nitrogens with zero attached hydrogens (tertiary/aromatic N) is 2. The average molecular weight is 322 g/mol. The first-order valence-corrected chi connectivity index (χ1v) is 8.67. The van der Waals surface area contributed by atoms with E-state index in [1.54, 1.807) is 13.1 Å². The Morgan fingerprint density at radius 2 is 2.26 bits per heavy atom. The highest BCUT2D eigenvalue weighted by molar-refractivity contribution is 5.74. The number of hydrogen-bond donors (Lipinski definition) is 0. The molecule has 0 N–H and O–H groups in total. The van der Waals surface area contributed by atoms with Crippen LogP contribution in [0.15, 0.2) is 18.5 Å². The van der Waals surface area contributed by atoms with E-state index < -0.39 is 6.10 Å². The summed E-state index contributed by atoms with van der Waals surface area (Å²) in [6, 6.07) is 2.04. The molecule has 0 bridgehead atoms. The fraction of sp³-hybridized carbons (Fsp3) is 0.765. The molecule has 0 spiro atoms. The van der Waals surface area contributed by atoms with Crippen LogP contribution in [0.25, 0.3) is 0 Å². The second kappa shape index (κ2) is 7.93. The first-order chi connectivity index (χ1) is 11.2. The monoisotopic (exact) mass is 322 g/mol. The molecule has 3 rings (SSSR count). The number of rotatable bonds is 6. The molecular weight excluding hydrogens is 296 g/mol. The lowest BCUT2D eigenvalue weighted by Gasteiger charge is -2.25. The van der Waals surface area contributed by atoms with E-state index in [-0.39, 0.29) is 24.2 Å². The van der Waals surface area contributed by atoms with Crippen LogP contribution in [0, 0.1) is 0 Å². The highest BCUT2D eigenvalue weighted by Crippen LogP contribution is 2.32. The van der Waals surface area contributed by atoms with Crippen molar-refractivity contribution < 1.29 is 19.0 Å². The van der Waals surface area contributed by atoms with E-state index in [2.05, 4.69) is 5.10 Å². The van der Waals surface area contributed by atoms with E-state index in [0.29, 0.717) is 6.61 Å². The van der Waals surface area contributed by atoms with Crippen molar-refractivity contribution in [3.63, 3.8) is 0 Å². The second-order valence-electron chi connectivity index (χ2n) is 6.42. The normalized spacial score (nSPS) is 29.3. The number of carbonyl (C=O) groups excluding carboxylic acids is 1. The highest BCUT2D eigenvalue weighted by Gasteiger charge is 2.33. The van der Waals surface area contributed by atoms with Crippen LogP contribution < -0.4 is 0 Å². The van der Waals surface area contributed by atoms with Gasteiger partial charge in [-0.1, -0.05) is 0 Å². The molecule has 0 radical (unpaired) electrons. The molecule has 1 aromatic heterocycles. The summed E-state index contributed by atoms with van der Waals surface area (Å²) >= 11 is 0. The third-order valence-corrected chi connectivity index (χ3v) is 4.69. The summed E-state index contributed by atoms with van der Waals surface area (Å²) in [7, 11) is 0. The maximum atomic E-state index is 12.3. The zero-order chi connectivity index (χ0) is 16.1. The Bertz CT molecular complexity index is 485. The predicted molar refractivity (Wildman–Crippen MR) is 84.0 cm³/mol. The van der Waals surface area contributed by atoms with Gasteiger partial charge in [-0.05, 0) is 51.5 Å². The summed E-state index contributed by atoms with van der Waals surface area (Å²) in [5, 5.41) is 4.28. The van der Waals surface area contributed by atoms with Gasteiger partial charge in [-0.2, -0.15) is 5.10 Å². The molecule has 1 aliphatic carbocycles. The van der Waals surface area contributed by atoms with E-state index in [9.17, 15) is 4.79 Å². The molecule has 4 atom stereocenters. The summed E-state index contributed by atoms with van der Waals surface area (Å²) in [6.45, 7) is 3.01. The van der Waals surface area contributed by atoms with E-state index in [1.807, 2.05) is 16.9 Å². The number of aromatic nitrogens is 2. The first kappa shape index (κ1) is 16.5. The van der Waals surface area contributed by atoms with Crippen molar-refractivity contribution in [1.82, 2.24) is 9.78 Å². The smallest absolute Gasteiger partial charge is 0.335 e. The van der Waals surface area contributed by atoms with Crippen LogP contribution in [-0.4, -0.2) is 47.3 Å². The van der Waals surface area contributed by atoms with Crippen molar-refractivity contribution in [2.75, 3.05) is 13.2 Å². The molecule has 23 heavy (non-hydrogen) atoms. The number of hydrogen-bond acceptors (Lipinski definition) is 5. The second-order valence-corrected chi connectivity index (χ2v) is 6.42. The molecule has 2 aliphatic rings. The maximum absolute atomic E-state index is 12.3. The van der Waals surface area contributed by atoms with Gasteiger partial charge in [0.1, 0.15) is 6.10 Å². The quantitative estimate of drug-likeness (QED) is 0.753. The van der Waals surface area contributed by atoms with Gasteiger partial charge in [0.15, 0.2) is 6.10 Å². The molecule has 1 aliphatic heterocycles. The summed E-state index contributed by atoms with van der Waals surface area (Å²) < 4.78 is 18.9. The van der Waals surface area contributed by atoms with E-state index in [0.717, 1.165) is 38.7 Å². The van der Waals surface area contributed by atoms with Gasteiger partial charge in [-0.25, -0.2) is 4.79 Å². The molecule has 0 aromatic carbocycles. The van der Waals surface area contributed by atoms with Gasteiger partial charge < -0.3 is 14.2 Å². The molecule has 2 unspecified atom stereocenters. The Morgan fingerprint density at radius 1 is 1.35 bits per heavy atom. The minimum atomic E-state index is -0.556. The van der Waals surface area contributed by atoms with Crippen molar-refractivity contribution in [2.45, 2.75) is 69.8 Å². The van der Waals surface area contributed by atoms with Gasteiger partial charge in [0.05, 0.1) is 18.8 Å². The van der Waals surface area contributed by atoms with Gasteiger partial charge >= 0.3 is 5.97 Å². The van der Waals surface area contributed by atoms with E-state index in [1.165, 1.54) is 6.42 Å². The van der Waals surface area contributed by atoms with Crippen LogP contribution in [-0.2, 0) is 19.0 Å². The molecule has 6 nitrogen and oxygen atoms in total. The van der Waals surface area contributed by atoms with Crippen LogP contribution >= 0.6 is 0 Å². The van der Waals surface area contributed by atoms with Crippen LogP contribution in [0.2, 0.25) is 0 Å². The molecule has 2 heterocycles. The molecule has 1 saturated heterocycles. The Kier molecular flexibility index (Phi) is 5.67. The van der Waals surface area contributed by atoms with Crippen LogP contribution in [0.5, 0.6) is 0 Å². The first-order valence-electron chi connectivity index (χ1n) is 8.67. The molecule has 2 fully saturated rings. The zero-order valence-electron chi connectivity index (χ0n) is 13.7. The number of esters is 1. The third kappa shape index (κ3) is 4.32. The number of carbonyl (C=O) groups is 1. The van der Waals surface area contributed by atoms with Gasteiger partial charge in [0, 0.05) is 19.0 Å². The molecule has 1 aromatic rings. The molecule has 6 heteroatoms. The zero-order valence-corrected chi connectivity index (χ0v) is 13.7. The Morgan fingerprint density at radius 3 is 3.00 bits per heavy atom. The summed E-state index contributed by atoms with van der Waals surface area (Å²) in [5.74, 6) is -0.287. The van der Waals surface area contributed by atoms with Gasteiger partial charge in [-0.3, -0.25) is 4.68 Å². The van der Waals surface area contributed by atoms with E-state index >= 15 is 0 Å². The Hall–Kier alpha value is -1.40. The predicted octanol–water partition coefficient (Wildman–Crippen LogP) is 2.49. The standard InChI is InChI=1S/C17H26N2O4/c1-13(22-12-14-6-2-3-11-21-14)17(20)23-16-8-4-7-15(16)19-10-5-9-18-19/h5,9-10,13-16H,2-4,6-8,11-12H2,1H3/t13?,14?,15-,16-/m1/s1. The number of ether oxygens (including phenoxy) is 3. The summed E-state index contributed by atoms with van der Waals surface area (Å²) in [5.41, 5.74) is 0. The Labute approximate surface area is 137 Å². The summed E-state index contributed by atoms with van der Waals surface area (Å²) in [6.07, 6.45) is 9.34. The van der Waals surface area contributed by atoms with Crippen LogP contribution in [0.1, 0.15) is 51.5 Å². The molecule has 128 valence electrons. The van der Waals surface area contributed by atoms with Gasteiger partial charge in [-0.15, -0.1) is 0 Å². The van der Waals surface area contributed by atoms with Gasteiger partial charge in [0.25, 0.3) is 0 Å². The lowest BCUT2D eigenvalue weighted by molar-refractivity contribution is -0.166. The fourth-order valence-electron chi connectivity index (χ4n) is 3.33. The summed E-state index contributed by atoms with van der Waals surface area (Å²) in [4.78, 5) is 12.3. The van der Waals surface area contributed by atoms with Crippen molar-refractivity contribution in [1.29, 1.82) is 0 Å². The fourth-order valence-corrected chi connectivity index (χ4v) is 3.33. The maximum Gasteiger partial charge on any atom is 0.335 e. The van der Waals surface area contributed by atoms with Crippen molar-refractivity contribution >= 4 is 5.97 Å². The highest BCUT2D eigenvalue weighted by atomic mass is 16.6. The average Bonchev–Trinajstić information content (AvgIpc) is 3.24. The Balaban J connectivity index is 1.45. The third-order valence-electron chi connectivity index (χ3n) is 4.69. The van der Waals surface area contributed by atoms with Crippen molar-refractivity contribution in [3.8, 4) is 0 Å². The molecule has 1 saturated carbocycles. The van der Waals surface area contributed by atoms with Gasteiger partial charge in [0.2, 0.25) is 0 Å². The lowest BCUT2D eigenvalue weighted by Crippen LogP contribution is -2.34. The van der Waals surface area contributed by atoms with Crippen LogP contribution in [0.3, 0.4) is 0 Å². The minimum absolute atomic E-state index is 0.112. The molecule has 0 amide bonds. The van der Waals surface area contributed by atoms with Crippen molar-refractivity contribution in [2.24, 2.45) is 0 Å². The van der Waals surface area contributed by atoms with Crippen LogP contribution in [0.4, 0.5) is 0 Å². The largest absolute Gasteiger partial charge is 0.458 e. The van der Waals surface area contributed by atoms with E-state index in [4.69, 9.17) is 14.2 Å². The minimum Gasteiger partial charge on any atom is -0.458 e.